The van der Waals surface area contributed by atoms with E-state index in [2.05, 4.69) is 5.32 Å². The molecule has 1 amide bonds. The molecule has 0 fully saturated rings. The molecule has 0 aliphatic heterocycles. The molecule has 0 spiro atoms. The molecule has 6 heteroatoms. The number of carbonyl (C=O) groups is 2. The van der Waals surface area contributed by atoms with Crippen molar-refractivity contribution in [2.45, 2.75) is 19.4 Å². The van der Waals surface area contributed by atoms with Crippen LogP contribution >= 0.6 is 0 Å². The van der Waals surface area contributed by atoms with E-state index >= 15 is 0 Å². The van der Waals surface area contributed by atoms with Gasteiger partial charge < -0.3 is 10.4 Å². The van der Waals surface area contributed by atoms with E-state index in [1.807, 2.05) is 0 Å². The summed E-state index contributed by atoms with van der Waals surface area (Å²) >= 11 is 0. The highest BCUT2D eigenvalue weighted by Gasteiger charge is 2.20. The molecule has 1 atom stereocenters. The average Bonchev–Trinajstić information content (AvgIpc) is 2.19. The van der Waals surface area contributed by atoms with Crippen molar-refractivity contribution in [3.8, 4) is 0 Å². The second-order valence-corrected chi connectivity index (χ2v) is 3.52. The van der Waals surface area contributed by atoms with Gasteiger partial charge in [-0.25, -0.2) is 8.78 Å². The number of carboxylic acid groups (broad SMARTS) is 1. The van der Waals surface area contributed by atoms with E-state index in [0.29, 0.717) is 0 Å². The number of benzene rings is 1. The third-order valence-electron chi connectivity index (χ3n) is 2.09. The number of nitrogens with one attached hydrogen (secondary N) is 1. The van der Waals surface area contributed by atoms with Crippen molar-refractivity contribution in [1.82, 2.24) is 5.32 Å². The average molecular weight is 243 g/mol. The minimum absolute atomic E-state index is 0.178. The van der Waals surface area contributed by atoms with Crippen LogP contribution in [0.4, 0.5) is 8.78 Å². The SMILES string of the molecule is CC(=O)N[C@@H](CC(=O)O)c1cc(F)ccc1F. The van der Waals surface area contributed by atoms with Crippen LogP contribution in [0.15, 0.2) is 18.2 Å². The zero-order valence-corrected chi connectivity index (χ0v) is 9.04. The van der Waals surface area contributed by atoms with Crippen LogP contribution in [0.2, 0.25) is 0 Å². The molecule has 0 saturated heterocycles. The lowest BCUT2D eigenvalue weighted by atomic mass is 10.0. The summed E-state index contributed by atoms with van der Waals surface area (Å²) in [7, 11) is 0. The molecule has 0 heterocycles. The van der Waals surface area contributed by atoms with E-state index in [1.54, 1.807) is 0 Å². The Morgan fingerprint density at radius 3 is 2.59 bits per heavy atom. The minimum atomic E-state index is -1.22. The van der Waals surface area contributed by atoms with Crippen molar-refractivity contribution in [3.05, 3.63) is 35.4 Å². The van der Waals surface area contributed by atoms with Crippen LogP contribution in [0.1, 0.15) is 24.9 Å². The van der Waals surface area contributed by atoms with Crippen molar-refractivity contribution < 1.29 is 23.5 Å². The van der Waals surface area contributed by atoms with Gasteiger partial charge in [0, 0.05) is 12.5 Å². The third-order valence-corrected chi connectivity index (χ3v) is 2.09. The van der Waals surface area contributed by atoms with Crippen LogP contribution in [0.5, 0.6) is 0 Å². The molecule has 1 rings (SSSR count). The number of carbonyl (C=O) groups excluding carboxylic acids is 1. The van der Waals surface area contributed by atoms with E-state index < -0.39 is 36.0 Å². The summed E-state index contributed by atoms with van der Waals surface area (Å²) in [4.78, 5) is 21.5. The van der Waals surface area contributed by atoms with Gasteiger partial charge in [-0.05, 0) is 18.2 Å². The topological polar surface area (TPSA) is 66.4 Å². The van der Waals surface area contributed by atoms with E-state index in [9.17, 15) is 18.4 Å². The normalized spacial score (nSPS) is 11.9. The molecule has 0 aliphatic carbocycles. The molecular weight excluding hydrogens is 232 g/mol. The largest absolute Gasteiger partial charge is 0.481 e. The van der Waals surface area contributed by atoms with Crippen molar-refractivity contribution >= 4 is 11.9 Å². The Morgan fingerprint density at radius 2 is 2.06 bits per heavy atom. The van der Waals surface area contributed by atoms with Crippen LogP contribution in [0, 0.1) is 11.6 Å². The van der Waals surface area contributed by atoms with Crippen molar-refractivity contribution in [2.24, 2.45) is 0 Å². The Hall–Kier alpha value is -1.98. The number of hydrogen-bond acceptors (Lipinski definition) is 2. The summed E-state index contributed by atoms with van der Waals surface area (Å²) in [6, 6.07) is 1.60. The first-order chi connectivity index (χ1) is 7.90. The molecule has 0 radical (unpaired) electrons. The zero-order chi connectivity index (χ0) is 13.0. The Labute approximate surface area is 96.3 Å². The molecule has 0 aromatic heterocycles. The number of carboxylic acids is 1. The van der Waals surface area contributed by atoms with Gasteiger partial charge in [0.2, 0.25) is 5.91 Å². The summed E-state index contributed by atoms with van der Waals surface area (Å²) in [5.74, 6) is -3.18. The van der Waals surface area contributed by atoms with Gasteiger partial charge in [-0.1, -0.05) is 0 Å². The predicted molar refractivity (Wildman–Crippen MR) is 55.2 cm³/mol. The number of hydrogen-bond donors (Lipinski definition) is 2. The Morgan fingerprint density at radius 1 is 1.41 bits per heavy atom. The van der Waals surface area contributed by atoms with Gasteiger partial charge in [0.05, 0.1) is 12.5 Å². The van der Waals surface area contributed by atoms with E-state index in [1.165, 1.54) is 6.92 Å². The maximum absolute atomic E-state index is 13.4. The minimum Gasteiger partial charge on any atom is -0.481 e. The first-order valence-corrected chi connectivity index (χ1v) is 4.84. The highest BCUT2D eigenvalue weighted by atomic mass is 19.1. The monoisotopic (exact) mass is 243 g/mol. The van der Waals surface area contributed by atoms with Gasteiger partial charge in [-0.2, -0.15) is 0 Å². The van der Waals surface area contributed by atoms with Crippen molar-refractivity contribution in [1.29, 1.82) is 0 Å². The summed E-state index contributed by atoms with van der Waals surface area (Å²) in [5, 5.41) is 10.9. The van der Waals surface area contributed by atoms with Crippen LogP contribution in [0.3, 0.4) is 0 Å². The van der Waals surface area contributed by atoms with Crippen LogP contribution < -0.4 is 5.32 Å². The van der Waals surface area contributed by atoms with Gasteiger partial charge in [0.25, 0.3) is 0 Å². The van der Waals surface area contributed by atoms with Crippen LogP contribution in [0.25, 0.3) is 0 Å². The quantitative estimate of drug-likeness (QED) is 0.844. The molecular formula is C11H11F2NO3. The molecule has 0 aliphatic rings. The lowest BCUT2D eigenvalue weighted by Gasteiger charge is -2.17. The fraction of sp³-hybridized carbons (Fsp3) is 0.273. The second-order valence-electron chi connectivity index (χ2n) is 3.52. The number of halogens is 2. The first-order valence-electron chi connectivity index (χ1n) is 4.84. The second kappa shape index (κ2) is 5.38. The van der Waals surface area contributed by atoms with E-state index in [0.717, 1.165) is 18.2 Å². The number of rotatable bonds is 4. The molecule has 1 aromatic rings. The molecule has 1 aromatic carbocycles. The maximum atomic E-state index is 13.4. The van der Waals surface area contributed by atoms with Crippen LogP contribution in [-0.4, -0.2) is 17.0 Å². The predicted octanol–water partition coefficient (Wildman–Crippen LogP) is 1.62. The zero-order valence-electron chi connectivity index (χ0n) is 9.04. The van der Waals surface area contributed by atoms with Gasteiger partial charge in [-0.3, -0.25) is 9.59 Å². The molecule has 0 bridgehead atoms. The Balaban J connectivity index is 3.06. The standard InChI is InChI=1S/C11H11F2NO3/c1-6(15)14-10(5-11(16)17)8-4-7(12)2-3-9(8)13/h2-4,10H,5H2,1H3,(H,14,15)(H,16,17)/t10-/m0/s1. The molecule has 2 N–H and O–H groups in total. The Kier molecular flexibility index (Phi) is 4.14. The highest BCUT2D eigenvalue weighted by molar-refractivity contribution is 5.75. The summed E-state index contributed by atoms with van der Waals surface area (Å²) in [6.45, 7) is 1.17. The molecule has 92 valence electrons. The van der Waals surface area contributed by atoms with Gasteiger partial charge in [0.15, 0.2) is 0 Å². The fourth-order valence-electron chi connectivity index (χ4n) is 1.44. The third kappa shape index (κ3) is 3.82. The summed E-state index contributed by atoms with van der Waals surface area (Å²) < 4.78 is 26.4. The summed E-state index contributed by atoms with van der Waals surface area (Å²) in [6.07, 6.45) is -0.514. The smallest absolute Gasteiger partial charge is 0.305 e. The van der Waals surface area contributed by atoms with E-state index in [-0.39, 0.29) is 5.56 Å². The van der Waals surface area contributed by atoms with Gasteiger partial charge in [0.1, 0.15) is 11.6 Å². The van der Waals surface area contributed by atoms with E-state index in [4.69, 9.17) is 5.11 Å². The number of amides is 1. The number of aliphatic carboxylic acids is 1. The lowest BCUT2D eigenvalue weighted by Crippen LogP contribution is -2.28. The molecule has 4 nitrogen and oxygen atoms in total. The highest BCUT2D eigenvalue weighted by Crippen LogP contribution is 2.21. The molecule has 0 saturated carbocycles. The van der Waals surface area contributed by atoms with Gasteiger partial charge >= 0.3 is 5.97 Å². The first kappa shape index (κ1) is 13.1. The summed E-state index contributed by atoms with van der Waals surface area (Å²) in [5.41, 5.74) is -0.178. The van der Waals surface area contributed by atoms with Crippen molar-refractivity contribution in [2.75, 3.05) is 0 Å². The van der Waals surface area contributed by atoms with Crippen LogP contribution in [-0.2, 0) is 9.59 Å². The maximum Gasteiger partial charge on any atom is 0.305 e. The fourth-order valence-corrected chi connectivity index (χ4v) is 1.44. The lowest BCUT2D eigenvalue weighted by molar-refractivity contribution is -0.137. The molecule has 17 heavy (non-hydrogen) atoms. The molecule has 0 unspecified atom stereocenters. The van der Waals surface area contributed by atoms with Crippen molar-refractivity contribution in [3.63, 3.8) is 0 Å². The Bertz CT molecular complexity index is 432. The van der Waals surface area contributed by atoms with Gasteiger partial charge in [-0.15, -0.1) is 0 Å².